The summed E-state index contributed by atoms with van der Waals surface area (Å²) in [4.78, 5) is 48.3. The average molecular weight is 436 g/mol. The number of hydrogen-bond acceptors (Lipinski definition) is 7. The third-order valence-electron chi connectivity index (χ3n) is 4.15. The Morgan fingerprint density at radius 2 is 1.93 bits per heavy atom. The van der Waals surface area contributed by atoms with Crippen molar-refractivity contribution in [1.82, 2.24) is 0 Å². The van der Waals surface area contributed by atoms with E-state index >= 15 is 0 Å². The summed E-state index contributed by atoms with van der Waals surface area (Å²) in [6, 6.07) is 5.49. The van der Waals surface area contributed by atoms with Crippen LogP contribution >= 0.6 is 11.3 Å². The van der Waals surface area contributed by atoms with Crippen LogP contribution in [-0.4, -0.2) is 37.0 Å². The second-order valence-corrected chi connectivity index (χ2v) is 7.30. The van der Waals surface area contributed by atoms with Crippen molar-refractivity contribution in [2.75, 3.05) is 18.5 Å². The molecule has 1 atom stereocenters. The van der Waals surface area contributed by atoms with Crippen LogP contribution in [0.25, 0.3) is 0 Å². The van der Waals surface area contributed by atoms with Crippen LogP contribution in [0.5, 0.6) is 0 Å². The Hall–Kier alpha value is -3.27. The first kappa shape index (κ1) is 23.0. The smallest absolute Gasteiger partial charge is 0.341 e. The van der Waals surface area contributed by atoms with Gasteiger partial charge in [-0.3, -0.25) is 14.4 Å². The van der Waals surface area contributed by atoms with Gasteiger partial charge in [-0.1, -0.05) is 12.1 Å². The lowest BCUT2D eigenvalue weighted by Gasteiger charge is -2.12. The molecular formula is C20H21FN2O6S. The van der Waals surface area contributed by atoms with Gasteiger partial charge in [-0.05, 0) is 44.0 Å². The molecule has 2 rings (SSSR count). The van der Waals surface area contributed by atoms with Crippen LogP contribution in [0.1, 0.15) is 50.9 Å². The van der Waals surface area contributed by atoms with Crippen molar-refractivity contribution in [3.63, 3.8) is 0 Å². The van der Waals surface area contributed by atoms with Gasteiger partial charge in [0.25, 0.3) is 11.8 Å². The van der Waals surface area contributed by atoms with Gasteiger partial charge in [0.15, 0.2) is 6.61 Å². The quantitative estimate of drug-likeness (QED) is 0.613. The van der Waals surface area contributed by atoms with Crippen molar-refractivity contribution in [3.8, 4) is 0 Å². The van der Waals surface area contributed by atoms with Crippen LogP contribution < -0.4 is 11.1 Å². The minimum Gasteiger partial charge on any atom is -0.462 e. The van der Waals surface area contributed by atoms with E-state index in [9.17, 15) is 23.6 Å². The van der Waals surface area contributed by atoms with Crippen LogP contribution in [0.3, 0.4) is 0 Å². The van der Waals surface area contributed by atoms with E-state index in [2.05, 4.69) is 5.32 Å². The number of carbonyl (C=O) groups is 4. The summed E-state index contributed by atoms with van der Waals surface area (Å²) in [7, 11) is 0. The Morgan fingerprint density at radius 3 is 2.53 bits per heavy atom. The van der Waals surface area contributed by atoms with E-state index in [4.69, 9.17) is 15.2 Å². The van der Waals surface area contributed by atoms with Gasteiger partial charge in [-0.25, -0.2) is 9.18 Å². The van der Waals surface area contributed by atoms with E-state index in [0.717, 1.165) is 11.3 Å². The lowest BCUT2D eigenvalue weighted by Crippen LogP contribution is -2.23. The van der Waals surface area contributed by atoms with Crippen molar-refractivity contribution in [3.05, 3.63) is 51.7 Å². The van der Waals surface area contributed by atoms with Gasteiger partial charge >= 0.3 is 11.9 Å². The lowest BCUT2D eigenvalue weighted by molar-refractivity contribution is -0.148. The van der Waals surface area contributed by atoms with E-state index in [0.29, 0.717) is 5.56 Å². The van der Waals surface area contributed by atoms with Gasteiger partial charge in [0.1, 0.15) is 10.8 Å². The summed E-state index contributed by atoms with van der Waals surface area (Å²) in [5.74, 6) is -4.19. The predicted molar refractivity (Wildman–Crippen MR) is 108 cm³/mol. The standard InChI is InChI=1S/C20H21FN2O6S/c1-4-28-20(27)15-11(3)16(17(22)25)30-18(15)23-14(24)9-29-19(26)10(2)12-6-5-7-13(21)8-12/h5-8,10H,4,9H2,1-3H3,(H2,22,25)(H,23,24). The molecule has 0 aliphatic carbocycles. The number of halogens is 1. The Bertz CT molecular complexity index is 988. The van der Waals surface area contributed by atoms with Crippen LogP contribution in [-0.2, 0) is 19.1 Å². The van der Waals surface area contributed by atoms with Gasteiger partial charge < -0.3 is 20.5 Å². The first-order valence-electron chi connectivity index (χ1n) is 8.97. The number of amides is 2. The van der Waals surface area contributed by atoms with E-state index in [-0.39, 0.29) is 27.6 Å². The summed E-state index contributed by atoms with van der Waals surface area (Å²) >= 11 is 0.826. The fraction of sp³-hybridized carbons (Fsp3) is 0.300. The molecule has 0 radical (unpaired) electrons. The maximum absolute atomic E-state index is 13.3. The van der Waals surface area contributed by atoms with Gasteiger partial charge in [-0.15, -0.1) is 11.3 Å². The molecule has 0 spiro atoms. The lowest BCUT2D eigenvalue weighted by atomic mass is 10.0. The number of anilines is 1. The highest BCUT2D eigenvalue weighted by molar-refractivity contribution is 7.18. The molecule has 0 aliphatic heterocycles. The molecule has 0 aliphatic rings. The molecule has 3 N–H and O–H groups in total. The third-order valence-corrected chi connectivity index (χ3v) is 5.37. The molecule has 0 saturated heterocycles. The Labute approximate surface area is 176 Å². The molecule has 0 saturated carbocycles. The van der Waals surface area contributed by atoms with Crippen molar-refractivity contribution >= 4 is 40.1 Å². The van der Waals surface area contributed by atoms with Crippen molar-refractivity contribution in [2.24, 2.45) is 5.73 Å². The van der Waals surface area contributed by atoms with Crippen LogP contribution in [0, 0.1) is 12.7 Å². The molecular weight excluding hydrogens is 415 g/mol. The Kier molecular flexibility index (Phi) is 7.65. The van der Waals surface area contributed by atoms with Crippen LogP contribution in [0.4, 0.5) is 9.39 Å². The van der Waals surface area contributed by atoms with Crippen molar-refractivity contribution in [2.45, 2.75) is 26.7 Å². The molecule has 0 fully saturated rings. The number of nitrogens with one attached hydrogen (secondary N) is 1. The van der Waals surface area contributed by atoms with E-state index < -0.39 is 42.1 Å². The number of esters is 2. The van der Waals surface area contributed by atoms with E-state index in [1.165, 1.54) is 32.0 Å². The number of rotatable bonds is 8. The summed E-state index contributed by atoms with van der Waals surface area (Å²) < 4.78 is 23.3. The highest BCUT2D eigenvalue weighted by Crippen LogP contribution is 2.33. The number of nitrogens with two attached hydrogens (primary N) is 1. The topological polar surface area (TPSA) is 125 Å². The third kappa shape index (κ3) is 5.41. The average Bonchev–Trinajstić information content (AvgIpc) is 3.01. The Balaban J connectivity index is 2.08. The first-order chi connectivity index (χ1) is 14.1. The summed E-state index contributed by atoms with van der Waals surface area (Å²) in [5, 5.41) is 2.51. The maximum atomic E-state index is 13.3. The zero-order chi connectivity index (χ0) is 22.4. The molecule has 2 amide bonds. The molecule has 1 heterocycles. The number of hydrogen-bond donors (Lipinski definition) is 2. The second kappa shape index (κ2) is 9.97. The first-order valence-corrected chi connectivity index (χ1v) is 9.79. The van der Waals surface area contributed by atoms with Crippen molar-refractivity contribution < 1.29 is 33.0 Å². The number of carbonyl (C=O) groups excluding carboxylic acids is 4. The number of ether oxygens (including phenoxy) is 2. The molecule has 2 aromatic rings. The largest absolute Gasteiger partial charge is 0.462 e. The number of thiophene rings is 1. The highest BCUT2D eigenvalue weighted by Gasteiger charge is 2.26. The number of benzene rings is 1. The van der Waals surface area contributed by atoms with Gasteiger partial charge in [0.05, 0.1) is 23.0 Å². The fourth-order valence-electron chi connectivity index (χ4n) is 2.62. The molecule has 8 nitrogen and oxygen atoms in total. The molecule has 160 valence electrons. The van der Waals surface area contributed by atoms with Crippen molar-refractivity contribution in [1.29, 1.82) is 0 Å². The van der Waals surface area contributed by atoms with Gasteiger partial charge in [-0.2, -0.15) is 0 Å². The summed E-state index contributed by atoms with van der Waals surface area (Å²) in [6.45, 7) is 4.12. The summed E-state index contributed by atoms with van der Waals surface area (Å²) in [6.07, 6.45) is 0. The minimum absolute atomic E-state index is 0.0171. The molecule has 0 bridgehead atoms. The zero-order valence-electron chi connectivity index (χ0n) is 16.6. The highest BCUT2D eigenvalue weighted by atomic mass is 32.1. The normalized spacial score (nSPS) is 11.5. The molecule has 10 heteroatoms. The fourth-order valence-corrected chi connectivity index (χ4v) is 3.69. The van der Waals surface area contributed by atoms with Gasteiger partial charge in [0.2, 0.25) is 0 Å². The molecule has 1 aromatic heterocycles. The molecule has 30 heavy (non-hydrogen) atoms. The van der Waals surface area contributed by atoms with E-state index in [1.807, 2.05) is 0 Å². The molecule has 1 aromatic carbocycles. The zero-order valence-corrected chi connectivity index (χ0v) is 17.4. The van der Waals surface area contributed by atoms with Crippen LogP contribution in [0.15, 0.2) is 24.3 Å². The minimum atomic E-state index is -0.783. The number of primary amides is 1. The summed E-state index contributed by atoms with van der Waals surface area (Å²) in [5.41, 5.74) is 6.02. The SMILES string of the molecule is CCOC(=O)c1c(NC(=O)COC(=O)C(C)c2cccc(F)c2)sc(C(N)=O)c1C. The predicted octanol–water partition coefficient (Wildman–Crippen LogP) is 2.76. The second-order valence-electron chi connectivity index (χ2n) is 6.28. The Morgan fingerprint density at radius 1 is 1.23 bits per heavy atom. The maximum Gasteiger partial charge on any atom is 0.341 e. The van der Waals surface area contributed by atoms with Crippen LogP contribution in [0.2, 0.25) is 0 Å². The van der Waals surface area contributed by atoms with E-state index in [1.54, 1.807) is 13.0 Å². The monoisotopic (exact) mass is 436 g/mol. The van der Waals surface area contributed by atoms with Gasteiger partial charge in [0, 0.05) is 0 Å². The molecule has 1 unspecified atom stereocenters.